The molecule has 30 heavy (non-hydrogen) atoms. The van der Waals surface area contributed by atoms with Crippen LogP contribution in [-0.4, -0.2) is 77.7 Å². The summed E-state index contributed by atoms with van der Waals surface area (Å²) >= 11 is 0. The fourth-order valence-corrected chi connectivity index (χ4v) is 5.53. The number of rotatable bonds is 3. The van der Waals surface area contributed by atoms with E-state index in [2.05, 4.69) is 4.90 Å². The molecule has 0 saturated carbocycles. The number of piperidine rings is 1. The molecule has 1 aliphatic carbocycles. The first-order valence-corrected chi connectivity index (χ1v) is 11.5. The first-order valence-electron chi connectivity index (χ1n) is 11.5. The zero-order chi connectivity index (χ0) is 21.3. The molecule has 0 aromatic carbocycles. The van der Waals surface area contributed by atoms with Crippen LogP contribution in [0.4, 0.5) is 9.18 Å². The largest absolute Gasteiger partial charge is 0.450 e. The minimum atomic E-state index is -0.988. The van der Waals surface area contributed by atoms with Crippen LogP contribution >= 0.6 is 0 Å². The summed E-state index contributed by atoms with van der Waals surface area (Å²) in [6.45, 7) is 7.60. The third kappa shape index (κ3) is 4.13. The monoisotopic (exact) mass is 419 g/mol. The van der Waals surface area contributed by atoms with Crippen LogP contribution in [0.15, 0.2) is 23.4 Å². The number of carbonyl (C=O) groups is 2. The third-order valence-electron chi connectivity index (χ3n) is 7.18. The zero-order valence-corrected chi connectivity index (χ0v) is 18.2. The lowest BCUT2D eigenvalue weighted by molar-refractivity contribution is -0.133. The number of halogens is 1. The molecule has 6 nitrogen and oxygen atoms in total. The fraction of sp³-hybridized carbons (Fsp3) is 0.739. The van der Waals surface area contributed by atoms with E-state index in [4.69, 9.17) is 4.74 Å². The summed E-state index contributed by atoms with van der Waals surface area (Å²) in [6.07, 6.45) is 7.44. The molecule has 2 amide bonds. The van der Waals surface area contributed by atoms with Gasteiger partial charge < -0.3 is 19.4 Å². The Kier molecular flexibility index (Phi) is 6.46. The molecule has 0 bridgehead atoms. The fourth-order valence-electron chi connectivity index (χ4n) is 5.53. The van der Waals surface area contributed by atoms with Crippen molar-refractivity contribution in [1.82, 2.24) is 14.7 Å². The molecule has 4 rings (SSSR count). The van der Waals surface area contributed by atoms with Crippen molar-refractivity contribution in [2.24, 2.45) is 5.92 Å². The van der Waals surface area contributed by atoms with Gasteiger partial charge in [0.2, 0.25) is 5.91 Å². The van der Waals surface area contributed by atoms with Crippen LogP contribution in [0.5, 0.6) is 0 Å². The second-order valence-corrected chi connectivity index (χ2v) is 8.95. The first kappa shape index (κ1) is 21.3. The van der Waals surface area contributed by atoms with Gasteiger partial charge in [-0.15, -0.1) is 0 Å². The van der Waals surface area contributed by atoms with Crippen LogP contribution in [-0.2, 0) is 9.53 Å². The van der Waals surface area contributed by atoms with Crippen molar-refractivity contribution in [3.63, 3.8) is 0 Å². The van der Waals surface area contributed by atoms with Crippen molar-refractivity contribution in [2.45, 2.75) is 70.6 Å². The summed E-state index contributed by atoms with van der Waals surface area (Å²) < 4.78 is 19.2. The van der Waals surface area contributed by atoms with Crippen LogP contribution in [0.25, 0.3) is 0 Å². The van der Waals surface area contributed by atoms with Gasteiger partial charge in [0, 0.05) is 50.4 Å². The Labute approximate surface area is 178 Å². The molecule has 0 aromatic heterocycles. The van der Waals surface area contributed by atoms with Gasteiger partial charge in [-0.05, 0) is 57.6 Å². The molecule has 166 valence electrons. The maximum absolute atomic E-state index is 14.0. The smallest absolute Gasteiger partial charge is 0.409 e. The standard InChI is InChI=1S/C23H34FN3O3/c1-3-30-23(29)26-11-4-5-18(8-14-26)25-12-9-19(10-13-25)27-21-15-17(24)6-7-20(21)16(2)22(27)28/h6-7,16-19H,3-5,8-15H2,1-2H3. The van der Waals surface area contributed by atoms with Gasteiger partial charge in [-0.25, -0.2) is 9.18 Å². The Morgan fingerprint density at radius 1 is 1.13 bits per heavy atom. The summed E-state index contributed by atoms with van der Waals surface area (Å²) in [5.74, 6) is -0.0192. The molecule has 3 heterocycles. The Balaban J connectivity index is 1.34. The minimum Gasteiger partial charge on any atom is -0.450 e. The molecule has 7 heteroatoms. The molecule has 0 N–H and O–H groups in total. The average Bonchev–Trinajstić information content (AvgIpc) is 2.91. The van der Waals surface area contributed by atoms with Gasteiger partial charge in [0.25, 0.3) is 0 Å². The molecule has 2 saturated heterocycles. The van der Waals surface area contributed by atoms with Crippen molar-refractivity contribution >= 4 is 12.0 Å². The molecule has 2 fully saturated rings. The van der Waals surface area contributed by atoms with E-state index in [1.807, 2.05) is 29.7 Å². The van der Waals surface area contributed by atoms with E-state index >= 15 is 0 Å². The van der Waals surface area contributed by atoms with Crippen molar-refractivity contribution in [3.05, 3.63) is 23.4 Å². The molecule has 0 spiro atoms. The topological polar surface area (TPSA) is 53.1 Å². The van der Waals surface area contributed by atoms with E-state index in [0.717, 1.165) is 69.6 Å². The molecule has 3 atom stereocenters. The summed E-state index contributed by atoms with van der Waals surface area (Å²) in [4.78, 5) is 31.3. The van der Waals surface area contributed by atoms with Gasteiger partial charge in [-0.3, -0.25) is 4.79 Å². The molecule has 0 aromatic rings. The number of carbonyl (C=O) groups excluding carboxylic acids is 2. The lowest BCUT2D eigenvalue weighted by atomic mass is 9.95. The van der Waals surface area contributed by atoms with E-state index in [1.165, 1.54) is 0 Å². The van der Waals surface area contributed by atoms with Gasteiger partial charge in [-0.2, -0.15) is 0 Å². The number of amides is 2. The van der Waals surface area contributed by atoms with Crippen molar-refractivity contribution in [3.8, 4) is 0 Å². The zero-order valence-electron chi connectivity index (χ0n) is 18.2. The van der Waals surface area contributed by atoms with Gasteiger partial charge in [0.1, 0.15) is 6.17 Å². The van der Waals surface area contributed by atoms with Crippen molar-refractivity contribution in [1.29, 1.82) is 0 Å². The maximum atomic E-state index is 14.0. The van der Waals surface area contributed by atoms with Gasteiger partial charge in [-0.1, -0.05) is 6.08 Å². The van der Waals surface area contributed by atoms with Crippen LogP contribution in [0, 0.1) is 5.92 Å². The lowest BCUT2D eigenvalue weighted by Gasteiger charge is -2.41. The van der Waals surface area contributed by atoms with Gasteiger partial charge >= 0.3 is 6.09 Å². The number of ether oxygens (including phenoxy) is 1. The molecular formula is C23H34FN3O3. The highest BCUT2D eigenvalue weighted by Crippen LogP contribution is 2.40. The summed E-state index contributed by atoms with van der Waals surface area (Å²) in [5.41, 5.74) is 1.93. The van der Waals surface area contributed by atoms with Gasteiger partial charge in [0.05, 0.1) is 12.5 Å². The highest BCUT2D eigenvalue weighted by atomic mass is 19.1. The van der Waals surface area contributed by atoms with E-state index < -0.39 is 6.17 Å². The maximum Gasteiger partial charge on any atom is 0.409 e. The number of likely N-dealkylation sites (tertiary alicyclic amines) is 2. The van der Waals surface area contributed by atoms with Crippen LogP contribution < -0.4 is 0 Å². The van der Waals surface area contributed by atoms with Crippen molar-refractivity contribution < 1.29 is 18.7 Å². The van der Waals surface area contributed by atoms with E-state index in [0.29, 0.717) is 19.1 Å². The minimum absolute atomic E-state index is 0.136. The summed E-state index contributed by atoms with van der Waals surface area (Å²) in [7, 11) is 0. The van der Waals surface area contributed by atoms with Crippen molar-refractivity contribution in [2.75, 3.05) is 32.8 Å². The Hall–Kier alpha value is -1.89. The van der Waals surface area contributed by atoms with Crippen LogP contribution in [0.3, 0.4) is 0 Å². The molecular weight excluding hydrogens is 385 g/mol. The molecule has 3 aliphatic heterocycles. The Morgan fingerprint density at radius 2 is 1.87 bits per heavy atom. The number of hydrogen-bond acceptors (Lipinski definition) is 4. The number of allylic oxidation sites excluding steroid dienone is 3. The van der Waals surface area contributed by atoms with E-state index in [-0.39, 0.29) is 24.0 Å². The second kappa shape index (κ2) is 9.08. The van der Waals surface area contributed by atoms with Gasteiger partial charge in [0.15, 0.2) is 0 Å². The number of alkyl halides is 1. The molecule has 0 radical (unpaired) electrons. The second-order valence-electron chi connectivity index (χ2n) is 8.95. The average molecular weight is 420 g/mol. The highest BCUT2D eigenvalue weighted by Gasteiger charge is 2.42. The summed E-state index contributed by atoms with van der Waals surface area (Å²) in [6, 6.07) is 0.644. The van der Waals surface area contributed by atoms with Crippen LogP contribution in [0.2, 0.25) is 0 Å². The first-order chi connectivity index (χ1) is 14.5. The van der Waals surface area contributed by atoms with E-state index in [1.54, 1.807) is 6.08 Å². The lowest BCUT2D eigenvalue weighted by Crippen LogP contribution is -2.49. The predicted molar refractivity (Wildman–Crippen MR) is 113 cm³/mol. The predicted octanol–water partition coefficient (Wildman–Crippen LogP) is 3.49. The Bertz CT molecular complexity index is 729. The summed E-state index contributed by atoms with van der Waals surface area (Å²) in [5, 5.41) is 0. The third-order valence-corrected chi connectivity index (χ3v) is 7.18. The molecule has 3 unspecified atom stereocenters. The SMILES string of the molecule is CCOC(=O)N1CCCC(N2CCC(N3C(=O)C(C)C4=C3CC(F)C=C4)CC2)CC1. The van der Waals surface area contributed by atoms with E-state index in [9.17, 15) is 14.0 Å². The normalized spacial score (nSPS) is 31.2. The highest BCUT2D eigenvalue weighted by molar-refractivity contribution is 5.88. The Morgan fingerprint density at radius 3 is 2.60 bits per heavy atom. The quantitative estimate of drug-likeness (QED) is 0.703. The molecule has 4 aliphatic rings. The number of hydrogen-bond donors (Lipinski definition) is 0. The van der Waals surface area contributed by atoms with Crippen LogP contribution in [0.1, 0.15) is 52.4 Å². The number of nitrogens with zero attached hydrogens (tertiary/aromatic N) is 3.